The Morgan fingerprint density at radius 1 is 1.15 bits per heavy atom. The maximum absolute atomic E-state index is 12.8. The van der Waals surface area contributed by atoms with Crippen molar-refractivity contribution in [2.45, 2.75) is 52.4 Å². The van der Waals surface area contributed by atoms with Crippen molar-refractivity contribution in [3.8, 4) is 0 Å². The molecular formula is C21H25N3O2S. The number of Topliss-reactive ketones (excluding diaryl/α,β-unsaturated/α-hetero) is 1. The van der Waals surface area contributed by atoms with Crippen molar-refractivity contribution >= 4 is 28.4 Å². The molecule has 2 heterocycles. The van der Waals surface area contributed by atoms with Gasteiger partial charge in [0.15, 0.2) is 10.9 Å². The van der Waals surface area contributed by atoms with Crippen LogP contribution in [0.3, 0.4) is 0 Å². The largest absolute Gasteiger partial charge is 0.348 e. The van der Waals surface area contributed by atoms with Gasteiger partial charge < -0.3 is 4.57 Å². The lowest BCUT2D eigenvalue weighted by Crippen LogP contribution is -2.22. The molecule has 5 nitrogen and oxygen atoms in total. The summed E-state index contributed by atoms with van der Waals surface area (Å²) in [7, 11) is 0. The molecule has 0 bridgehead atoms. The first kappa shape index (κ1) is 19.4. The summed E-state index contributed by atoms with van der Waals surface area (Å²) < 4.78 is 3.83. The smallest absolute Gasteiger partial charge is 0.262 e. The van der Waals surface area contributed by atoms with Crippen LogP contribution in [0.5, 0.6) is 0 Å². The summed E-state index contributed by atoms with van der Waals surface area (Å²) in [6.45, 7) is 9.52. The highest BCUT2D eigenvalue weighted by atomic mass is 32.2. The monoisotopic (exact) mass is 383 g/mol. The first-order chi connectivity index (χ1) is 13.0. The molecule has 0 saturated carbocycles. The molecular weight excluding hydrogens is 358 g/mol. The Bertz CT molecular complexity index is 1050. The van der Waals surface area contributed by atoms with Gasteiger partial charge in [0, 0.05) is 30.0 Å². The standard InChI is InChI=1S/C21H25N3O2S/c1-5-11-24-14(3)12-17(15(24)4)19(25)13-27-21-22-18-10-8-7-9-16(18)20(26)23(21)6-2/h7-10,12H,5-6,11,13H2,1-4H3. The van der Waals surface area contributed by atoms with Crippen LogP contribution in [0.15, 0.2) is 40.3 Å². The Morgan fingerprint density at radius 2 is 1.89 bits per heavy atom. The predicted octanol–water partition coefficient (Wildman–Crippen LogP) is 4.22. The molecule has 0 spiro atoms. The third kappa shape index (κ3) is 3.72. The zero-order valence-electron chi connectivity index (χ0n) is 16.3. The van der Waals surface area contributed by atoms with Crippen LogP contribution in [-0.4, -0.2) is 25.7 Å². The highest BCUT2D eigenvalue weighted by Crippen LogP contribution is 2.22. The molecule has 0 fully saturated rings. The van der Waals surface area contributed by atoms with Crippen molar-refractivity contribution in [2.24, 2.45) is 0 Å². The van der Waals surface area contributed by atoms with Gasteiger partial charge in [0.05, 0.1) is 16.7 Å². The molecule has 1 aromatic carbocycles. The maximum Gasteiger partial charge on any atom is 0.262 e. The van der Waals surface area contributed by atoms with Crippen molar-refractivity contribution in [2.75, 3.05) is 5.75 Å². The molecule has 3 aromatic rings. The summed E-state index contributed by atoms with van der Waals surface area (Å²) in [5, 5.41) is 1.20. The number of aromatic nitrogens is 3. The van der Waals surface area contributed by atoms with E-state index in [9.17, 15) is 9.59 Å². The van der Waals surface area contributed by atoms with Crippen LogP contribution in [-0.2, 0) is 13.1 Å². The van der Waals surface area contributed by atoms with E-state index in [0.29, 0.717) is 22.6 Å². The Labute approximate surface area is 163 Å². The molecule has 6 heteroatoms. The van der Waals surface area contributed by atoms with Gasteiger partial charge in [-0.2, -0.15) is 0 Å². The van der Waals surface area contributed by atoms with Gasteiger partial charge in [-0.05, 0) is 45.4 Å². The van der Waals surface area contributed by atoms with E-state index in [-0.39, 0.29) is 17.1 Å². The van der Waals surface area contributed by atoms with E-state index in [2.05, 4.69) is 16.5 Å². The van der Waals surface area contributed by atoms with Crippen LogP contribution < -0.4 is 5.56 Å². The van der Waals surface area contributed by atoms with Crippen LogP contribution in [0.4, 0.5) is 0 Å². The van der Waals surface area contributed by atoms with E-state index < -0.39 is 0 Å². The lowest BCUT2D eigenvalue weighted by molar-refractivity contribution is 0.102. The number of carbonyl (C=O) groups excluding carboxylic acids is 1. The topological polar surface area (TPSA) is 56.9 Å². The zero-order valence-corrected chi connectivity index (χ0v) is 17.1. The van der Waals surface area contributed by atoms with Gasteiger partial charge in [0.1, 0.15) is 0 Å². The van der Waals surface area contributed by atoms with Crippen molar-refractivity contribution in [3.05, 3.63) is 57.6 Å². The van der Waals surface area contributed by atoms with Gasteiger partial charge in [-0.3, -0.25) is 14.2 Å². The van der Waals surface area contributed by atoms with Crippen molar-refractivity contribution in [3.63, 3.8) is 0 Å². The van der Waals surface area contributed by atoms with Gasteiger partial charge in [-0.15, -0.1) is 0 Å². The van der Waals surface area contributed by atoms with Crippen LogP contribution in [0, 0.1) is 13.8 Å². The number of rotatable bonds is 7. The molecule has 0 aliphatic carbocycles. The second-order valence-corrected chi connectivity index (χ2v) is 7.55. The molecule has 3 rings (SSSR count). The van der Waals surface area contributed by atoms with Crippen LogP contribution in [0.1, 0.15) is 42.0 Å². The SMILES string of the molecule is CCCn1c(C)cc(C(=O)CSc2nc3ccccc3c(=O)n2CC)c1C. The van der Waals surface area contributed by atoms with Crippen molar-refractivity contribution < 1.29 is 4.79 Å². The third-order valence-electron chi connectivity index (χ3n) is 4.80. The number of hydrogen-bond donors (Lipinski definition) is 0. The van der Waals surface area contributed by atoms with Crippen LogP contribution in [0.25, 0.3) is 10.9 Å². The summed E-state index contributed by atoms with van der Waals surface area (Å²) in [6.07, 6.45) is 1.03. The van der Waals surface area contributed by atoms with E-state index in [1.54, 1.807) is 10.6 Å². The average Bonchev–Trinajstić information content (AvgIpc) is 2.95. The van der Waals surface area contributed by atoms with Gasteiger partial charge >= 0.3 is 0 Å². The normalized spacial score (nSPS) is 11.3. The van der Waals surface area contributed by atoms with Crippen LogP contribution in [0.2, 0.25) is 0 Å². The number of fused-ring (bicyclic) bond motifs is 1. The first-order valence-electron chi connectivity index (χ1n) is 9.30. The lowest BCUT2D eigenvalue weighted by Gasteiger charge is -2.11. The first-order valence-corrected chi connectivity index (χ1v) is 10.3. The quantitative estimate of drug-likeness (QED) is 0.348. The zero-order chi connectivity index (χ0) is 19.6. The molecule has 0 N–H and O–H groups in total. The van der Waals surface area contributed by atoms with Crippen molar-refractivity contribution in [1.82, 2.24) is 14.1 Å². The number of ketones is 1. The molecule has 27 heavy (non-hydrogen) atoms. The molecule has 0 aliphatic rings. The number of benzene rings is 1. The average molecular weight is 384 g/mol. The highest BCUT2D eigenvalue weighted by molar-refractivity contribution is 7.99. The Kier molecular flexibility index (Phi) is 5.85. The summed E-state index contributed by atoms with van der Waals surface area (Å²) in [4.78, 5) is 30.1. The summed E-state index contributed by atoms with van der Waals surface area (Å²) in [5.41, 5.74) is 3.50. The molecule has 0 saturated heterocycles. The Morgan fingerprint density at radius 3 is 2.59 bits per heavy atom. The highest BCUT2D eigenvalue weighted by Gasteiger charge is 2.17. The van der Waals surface area contributed by atoms with Gasteiger partial charge in [-0.25, -0.2) is 4.98 Å². The minimum Gasteiger partial charge on any atom is -0.348 e. The molecule has 0 unspecified atom stereocenters. The van der Waals surface area contributed by atoms with Gasteiger partial charge in [0.25, 0.3) is 5.56 Å². The van der Waals surface area contributed by atoms with Crippen LogP contribution >= 0.6 is 11.8 Å². The van der Waals surface area contributed by atoms with E-state index in [1.807, 2.05) is 45.0 Å². The minimum absolute atomic E-state index is 0.0563. The molecule has 0 atom stereocenters. The predicted molar refractivity (Wildman–Crippen MR) is 111 cm³/mol. The third-order valence-corrected chi connectivity index (χ3v) is 5.77. The Balaban J connectivity index is 1.88. The number of nitrogens with zero attached hydrogens (tertiary/aromatic N) is 3. The number of thioether (sulfide) groups is 1. The van der Waals surface area contributed by atoms with Gasteiger partial charge in [-0.1, -0.05) is 30.8 Å². The van der Waals surface area contributed by atoms with E-state index in [0.717, 1.165) is 29.9 Å². The molecule has 142 valence electrons. The fourth-order valence-electron chi connectivity index (χ4n) is 3.40. The van der Waals surface area contributed by atoms with E-state index in [4.69, 9.17) is 0 Å². The number of hydrogen-bond acceptors (Lipinski definition) is 4. The number of carbonyl (C=O) groups is 1. The molecule has 2 aromatic heterocycles. The fourth-order valence-corrected chi connectivity index (χ4v) is 4.34. The van der Waals surface area contributed by atoms with E-state index in [1.165, 1.54) is 11.8 Å². The second-order valence-electron chi connectivity index (χ2n) is 6.61. The molecule has 0 radical (unpaired) electrons. The summed E-state index contributed by atoms with van der Waals surface area (Å²) >= 11 is 1.33. The van der Waals surface area contributed by atoms with Gasteiger partial charge in [0.2, 0.25) is 0 Å². The number of aryl methyl sites for hydroxylation is 1. The number of para-hydroxylation sites is 1. The van der Waals surface area contributed by atoms with E-state index >= 15 is 0 Å². The Hall–Kier alpha value is -2.34. The molecule has 0 amide bonds. The summed E-state index contributed by atoms with van der Waals surface area (Å²) in [5.74, 6) is 0.335. The maximum atomic E-state index is 12.8. The summed E-state index contributed by atoms with van der Waals surface area (Å²) in [6, 6.07) is 9.30. The molecule has 0 aliphatic heterocycles. The fraction of sp³-hybridized carbons (Fsp3) is 0.381. The second kappa shape index (κ2) is 8.13. The van der Waals surface area contributed by atoms with Crippen molar-refractivity contribution in [1.29, 1.82) is 0 Å². The minimum atomic E-state index is -0.0563. The lowest BCUT2D eigenvalue weighted by atomic mass is 10.2.